The van der Waals surface area contributed by atoms with E-state index in [9.17, 15) is 9.59 Å². The molecule has 1 N–H and O–H groups in total. The molecule has 4 nitrogen and oxygen atoms in total. The maximum absolute atomic E-state index is 11.0. The number of hydrogen-bond donors (Lipinski definition) is 1. The topological polar surface area (TPSA) is 57.6 Å². The van der Waals surface area contributed by atoms with Crippen LogP contribution in [0.1, 0.15) is 26.7 Å². The maximum Gasteiger partial charge on any atom is 0.329 e. The monoisotopic (exact) mass is 171 g/mol. The predicted molar refractivity (Wildman–Crippen MR) is 42.7 cm³/mol. The molecule has 1 aliphatic heterocycles. The molecule has 0 aliphatic carbocycles. The number of nitrogens with zero attached hydrogens (tertiary/aromatic N) is 1. The molecule has 0 saturated carbocycles. The number of aliphatic carboxylic acids is 1. The van der Waals surface area contributed by atoms with E-state index in [1.807, 2.05) is 0 Å². The van der Waals surface area contributed by atoms with Crippen LogP contribution >= 0.6 is 0 Å². The van der Waals surface area contributed by atoms with Gasteiger partial charge in [-0.15, -0.1) is 0 Å². The highest BCUT2D eigenvalue weighted by Gasteiger charge is 2.44. The highest BCUT2D eigenvalue weighted by molar-refractivity contribution is 5.86. The molecule has 0 bridgehead atoms. The molecule has 0 aromatic carbocycles. The van der Waals surface area contributed by atoms with Crippen molar-refractivity contribution in [3.63, 3.8) is 0 Å². The first-order valence-corrected chi connectivity index (χ1v) is 4.00. The van der Waals surface area contributed by atoms with Gasteiger partial charge in [-0.05, 0) is 19.8 Å². The summed E-state index contributed by atoms with van der Waals surface area (Å²) in [5, 5.41) is 8.90. The summed E-state index contributed by atoms with van der Waals surface area (Å²) in [5.41, 5.74) is -0.966. The fourth-order valence-electron chi connectivity index (χ4n) is 1.69. The number of likely N-dealkylation sites (tertiary alicyclic amines) is 1. The van der Waals surface area contributed by atoms with Crippen LogP contribution < -0.4 is 0 Å². The molecular weight excluding hydrogens is 158 g/mol. The first-order chi connectivity index (χ1) is 5.48. The second-order valence-electron chi connectivity index (χ2n) is 3.35. The molecule has 0 aromatic heterocycles. The third-order valence-corrected chi connectivity index (χ3v) is 2.48. The van der Waals surface area contributed by atoms with Crippen molar-refractivity contribution in [2.45, 2.75) is 32.2 Å². The fraction of sp³-hybridized carbons (Fsp3) is 0.750. The largest absolute Gasteiger partial charge is 0.480 e. The van der Waals surface area contributed by atoms with Gasteiger partial charge in [-0.3, -0.25) is 4.79 Å². The molecule has 0 aromatic rings. The van der Waals surface area contributed by atoms with Crippen molar-refractivity contribution < 1.29 is 14.7 Å². The van der Waals surface area contributed by atoms with Crippen LogP contribution in [-0.2, 0) is 9.59 Å². The highest BCUT2D eigenvalue weighted by atomic mass is 16.4. The van der Waals surface area contributed by atoms with E-state index in [1.54, 1.807) is 6.92 Å². The van der Waals surface area contributed by atoms with Gasteiger partial charge in [-0.2, -0.15) is 0 Å². The number of carbonyl (C=O) groups excluding carboxylic acids is 1. The van der Waals surface area contributed by atoms with Crippen LogP contribution in [0.15, 0.2) is 0 Å². The second-order valence-corrected chi connectivity index (χ2v) is 3.35. The van der Waals surface area contributed by atoms with Crippen LogP contribution in [0.3, 0.4) is 0 Å². The van der Waals surface area contributed by atoms with Gasteiger partial charge in [0.15, 0.2) is 0 Å². The Bertz CT molecular complexity index is 226. The Kier molecular flexibility index (Phi) is 2.08. The van der Waals surface area contributed by atoms with Gasteiger partial charge in [-0.1, -0.05) is 0 Å². The molecule has 0 radical (unpaired) electrons. The molecule has 1 aliphatic rings. The van der Waals surface area contributed by atoms with Crippen molar-refractivity contribution in [1.29, 1.82) is 0 Å². The SMILES string of the molecule is CC(=O)N1CCC[C@]1(C)C(=O)O. The van der Waals surface area contributed by atoms with Gasteiger partial charge < -0.3 is 10.0 Å². The number of rotatable bonds is 1. The Balaban J connectivity index is 2.89. The summed E-state index contributed by atoms with van der Waals surface area (Å²) in [4.78, 5) is 23.3. The van der Waals surface area contributed by atoms with Crippen molar-refractivity contribution in [3.05, 3.63) is 0 Å². The van der Waals surface area contributed by atoms with Gasteiger partial charge >= 0.3 is 5.97 Å². The molecular formula is C8H13NO3. The summed E-state index contributed by atoms with van der Waals surface area (Å²) in [6.07, 6.45) is 1.34. The van der Waals surface area contributed by atoms with Crippen LogP contribution in [0.25, 0.3) is 0 Å². The smallest absolute Gasteiger partial charge is 0.329 e. The lowest BCUT2D eigenvalue weighted by molar-refractivity contribution is -0.154. The Morgan fingerprint density at radius 3 is 2.42 bits per heavy atom. The zero-order valence-electron chi connectivity index (χ0n) is 7.33. The van der Waals surface area contributed by atoms with E-state index in [4.69, 9.17) is 5.11 Å². The molecule has 0 spiro atoms. The van der Waals surface area contributed by atoms with E-state index in [2.05, 4.69) is 0 Å². The Morgan fingerprint density at radius 2 is 2.08 bits per heavy atom. The van der Waals surface area contributed by atoms with Gasteiger partial charge in [0.1, 0.15) is 5.54 Å². The van der Waals surface area contributed by atoms with Gasteiger partial charge in [0.2, 0.25) is 5.91 Å². The van der Waals surface area contributed by atoms with E-state index < -0.39 is 11.5 Å². The zero-order valence-corrected chi connectivity index (χ0v) is 7.33. The third kappa shape index (κ3) is 1.17. The average Bonchev–Trinajstić information content (AvgIpc) is 2.32. The lowest BCUT2D eigenvalue weighted by Crippen LogP contribution is -2.49. The molecule has 68 valence electrons. The molecule has 4 heteroatoms. The molecule has 0 unspecified atom stereocenters. The lowest BCUT2D eigenvalue weighted by atomic mass is 9.99. The summed E-state index contributed by atoms with van der Waals surface area (Å²) < 4.78 is 0. The molecule has 1 amide bonds. The number of amides is 1. The van der Waals surface area contributed by atoms with Crippen LogP contribution in [-0.4, -0.2) is 34.0 Å². The number of carboxylic acids is 1. The predicted octanol–water partition coefficient (Wildman–Crippen LogP) is 0.472. The molecule has 1 atom stereocenters. The van der Waals surface area contributed by atoms with Crippen molar-refractivity contribution in [3.8, 4) is 0 Å². The Labute approximate surface area is 71.2 Å². The Hall–Kier alpha value is -1.06. The minimum Gasteiger partial charge on any atom is -0.480 e. The molecule has 1 rings (SSSR count). The first-order valence-electron chi connectivity index (χ1n) is 4.00. The molecule has 1 heterocycles. The minimum atomic E-state index is -0.966. The lowest BCUT2D eigenvalue weighted by Gasteiger charge is -2.29. The van der Waals surface area contributed by atoms with Crippen molar-refractivity contribution >= 4 is 11.9 Å². The molecule has 1 fully saturated rings. The number of hydrogen-bond acceptors (Lipinski definition) is 2. The van der Waals surface area contributed by atoms with Gasteiger partial charge in [0, 0.05) is 13.5 Å². The van der Waals surface area contributed by atoms with Gasteiger partial charge in [0.25, 0.3) is 0 Å². The summed E-state index contributed by atoms with van der Waals surface area (Å²) in [6, 6.07) is 0. The van der Waals surface area contributed by atoms with Crippen LogP contribution in [0.5, 0.6) is 0 Å². The highest BCUT2D eigenvalue weighted by Crippen LogP contribution is 2.28. The van der Waals surface area contributed by atoms with Crippen molar-refractivity contribution in [1.82, 2.24) is 4.90 Å². The van der Waals surface area contributed by atoms with E-state index in [0.29, 0.717) is 13.0 Å². The first kappa shape index (κ1) is 9.03. The summed E-state index contributed by atoms with van der Waals surface area (Å²) in [6.45, 7) is 3.58. The zero-order chi connectivity index (χ0) is 9.35. The average molecular weight is 171 g/mol. The number of carbonyl (C=O) groups is 2. The van der Waals surface area contributed by atoms with Crippen LogP contribution in [0, 0.1) is 0 Å². The van der Waals surface area contributed by atoms with E-state index in [0.717, 1.165) is 6.42 Å². The second kappa shape index (κ2) is 2.77. The standard InChI is InChI=1S/C8H13NO3/c1-6(10)9-5-3-4-8(9,2)7(11)12/h3-5H2,1-2H3,(H,11,12)/t8-/m1/s1. The molecule has 1 saturated heterocycles. The van der Waals surface area contributed by atoms with Gasteiger partial charge in [0.05, 0.1) is 0 Å². The maximum atomic E-state index is 11.0. The van der Waals surface area contributed by atoms with Crippen LogP contribution in [0.4, 0.5) is 0 Å². The van der Waals surface area contributed by atoms with Crippen molar-refractivity contribution in [2.24, 2.45) is 0 Å². The normalized spacial score (nSPS) is 29.0. The summed E-state index contributed by atoms with van der Waals surface area (Å²) in [5.74, 6) is -1.06. The van der Waals surface area contributed by atoms with E-state index in [-0.39, 0.29) is 5.91 Å². The quantitative estimate of drug-likeness (QED) is 0.624. The van der Waals surface area contributed by atoms with Gasteiger partial charge in [-0.25, -0.2) is 4.79 Å². The van der Waals surface area contributed by atoms with E-state index >= 15 is 0 Å². The summed E-state index contributed by atoms with van der Waals surface area (Å²) >= 11 is 0. The fourth-order valence-corrected chi connectivity index (χ4v) is 1.69. The van der Waals surface area contributed by atoms with Crippen LogP contribution in [0.2, 0.25) is 0 Å². The van der Waals surface area contributed by atoms with Crippen molar-refractivity contribution in [2.75, 3.05) is 6.54 Å². The molecule has 12 heavy (non-hydrogen) atoms. The number of carboxylic acid groups (broad SMARTS) is 1. The summed E-state index contributed by atoms with van der Waals surface area (Å²) in [7, 11) is 0. The van der Waals surface area contributed by atoms with E-state index in [1.165, 1.54) is 11.8 Å². The minimum absolute atomic E-state index is 0.155. The third-order valence-electron chi connectivity index (χ3n) is 2.48. The Morgan fingerprint density at radius 1 is 1.50 bits per heavy atom.